The Morgan fingerprint density at radius 2 is 1.72 bits per heavy atom. The zero-order chi connectivity index (χ0) is 23.6. The summed E-state index contributed by atoms with van der Waals surface area (Å²) >= 11 is 0. The highest BCUT2D eigenvalue weighted by Crippen LogP contribution is 2.43. The summed E-state index contributed by atoms with van der Waals surface area (Å²) in [5.74, 6) is 0.694. The molecule has 0 aliphatic heterocycles. The number of nitrogens with zero attached hydrogens (tertiary/aromatic N) is 1. The van der Waals surface area contributed by atoms with Crippen molar-refractivity contribution >= 4 is 16.9 Å². The largest absolute Gasteiger partial charge is 0.415 e. The van der Waals surface area contributed by atoms with Crippen LogP contribution in [0.4, 0.5) is 4.79 Å². The monoisotopic (exact) mass is 435 g/mol. The summed E-state index contributed by atoms with van der Waals surface area (Å²) in [6, 6.07) is 14.3. The minimum absolute atomic E-state index is 0.0444. The minimum atomic E-state index is -0.679. The summed E-state index contributed by atoms with van der Waals surface area (Å²) in [4.78, 5) is 14.7. The van der Waals surface area contributed by atoms with Crippen molar-refractivity contribution in [3.05, 3.63) is 71.5 Å². The first-order chi connectivity index (χ1) is 15.1. The van der Waals surface area contributed by atoms with Crippen LogP contribution >= 0.6 is 0 Å². The number of benzene rings is 2. The normalized spacial score (nSPS) is 20.0. The van der Waals surface area contributed by atoms with Crippen LogP contribution in [0.5, 0.6) is 0 Å². The molecule has 3 rings (SSSR count). The lowest BCUT2D eigenvalue weighted by atomic mass is 9.74. The average molecular weight is 436 g/mol. The smallest absolute Gasteiger partial charge is 0.415 e. The van der Waals surface area contributed by atoms with Gasteiger partial charge in [0.25, 0.3) is 0 Å². The molecule has 3 atom stereocenters. The molecule has 0 saturated carbocycles. The Morgan fingerprint density at radius 1 is 1.09 bits per heavy atom. The van der Waals surface area contributed by atoms with Gasteiger partial charge in [0.15, 0.2) is 0 Å². The van der Waals surface area contributed by atoms with Crippen molar-refractivity contribution in [1.82, 2.24) is 4.90 Å². The zero-order valence-electron chi connectivity index (χ0n) is 20.3. The number of hydrogen-bond acceptors (Lipinski definition) is 3. The first-order valence-electron chi connectivity index (χ1n) is 11.6. The van der Waals surface area contributed by atoms with Gasteiger partial charge in [-0.3, -0.25) is 0 Å². The molecule has 1 aliphatic carbocycles. The van der Waals surface area contributed by atoms with Gasteiger partial charge in [0.2, 0.25) is 0 Å². The van der Waals surface area contributed by atoms with E-state index in [2.05, 4.69) is 30.8 Å². The van der Waals surface area contributed by atoms with Crippen LogP contribution in [0.1, 0.15) is 66.1 Å². The van der Waals surface area contributed by atoms with E-state index in [4.69, 9.17) is 4.74 Å². The average Bonchev–Trinajstić information content (AvgIpc) is 2.73. The Morgan fingerprint density at radius 3 is 2.31 bits per heavy atom. The third-order valence-corrected chi connectivity index (χ3v) is 6.69. The van der Waals surface area contributed by atoms with Gasteiger partial charge in [0, 0.05) is 24.4 Å². The molecule has 0 heterocycles. The molecule has 1 amide bonds. The number of ether oxygens (including phenoxy) is 1. The van der Waals surface area contributed by atoms with E-state index in [0.29, 0.717) is 12.2 Å². The summed E-state index contributed by atoms with van der Waals surface area (Å²) < 4.78 is 5.97. The molecule has 2 aromatic rings. The number of amides is 1. The van der Waals surface area contributed by atoms with E-state index in [1.54, 1.807) is 4.90 Å². The SMILES string of the molecule is C=C(C)[C@H]1CC(OC(=O)N(C(C)C)C(C)C)=C(C)[C@H]([C@H](O)c2ccc3ccccc3c2)C1. The molecule has 4 heteroatoms. The molecule has 0 spiro atoms. The molecule has 1 N–H and O–H groups in total. The Labute approximate surface area is 192 Å². The summed E-state index contributed by atoms with van der Waals surface area (Å²) in [6.45, 7) is 16.1. The maximum Gasteiger partial charge on any atom is 0.415 e. The molecule has 1 aliphatic rings. The summed E-state index contributed by atoms with van der Waals surface area (Å²) in [7, 11) is 0. The summed E-state index contributed by atoms with van der Waals surface area (Å²) in [5, 5.41) is 13.7. The Balaban J connectivity index is 1.94. The van der Waals surface area contributed by atoms with Gasteiger partial charge in [0.05, 0.1) is 6.10 Å². The van der Waals surface area contributed by atoms with E-state index in [9.17, 15) is 9.90 Å². The highest BCUT2D eigenvalue weighted by Gasteiger charge is 2.35. The van der Waals surface area contributed by atoms with Crippen LogP contribution in [0.25, 0.3) is 10.8 Å². The summed E-state index contributed by atoms with van der Waals surface area (Å²) in [5.41, 5.74) is 2.88. The number of rotatable bonds is 6. The fourth-order valence-electron chi connectivity index (χ4n) is 4.82. The molecule has 4 nitrogen and oxygen atoms in total. The van der Waals surface area contributed by atoms with Gasteiger partial charge in [-0.2, -0.15) is 0 Å². The first kappa shape index (κ1) is 24.1. The second-order valence-electron chi connectivity index (χ2n) is 9.71. The standard InChI is InChI=1S/C28H37NO3/c1-17(2)24-15-25(27(30)23-13-12-21-10-8-9-11-22(21)14-23)20(7)26(16-24)32-28(31)29(18(3)4)19(5)6/h8-14,18-19,24-25,27,30H,1,15-16H2,2-7H3/t24-,25-,27-/m1/s1. The van der Waals surface area contributed by atoms with Crippen LogP contribution in [0, 0.1) is 11.8 Å². The number of carbonyl (C=O) groups is 1. The van der Waals surface area contributed by atoms with Gasteiger partial charge >= 0.3 is 6.09 Å². The minimum Gasteiger partial charge on any atom is -0.415 e. The van der Waals surface area contributed by atoms with Crippen LogP contribution in [0.3, 0.4) is 0 Å². The van der Waals surface area contributed by atoms with Crippen LogP contribution in [0.15, 0.2) is 65.9 Å². The van der Waals surface area contributed by atoms with E-state index in [-0.39, 0.29) is 30.0 Å². The molecule has 0 unspecified atom stereocenters. The quantitative estimate of drug-likeness (QED) is 0.497. The van der Waals surface area contributed by atoms with Gasteiger partial charge in [-0.1, -0.05) is 48.6 Å². The van der Waals surface area contributed by atoms with Gasteiger partial charge in [-0.25, -0.2) is 4.79 Å². The second kappa shape index (κ2) is 9.91. The molecular weight excluding hydrogens is 398 g/mol. The van der Waals surface area contributed by atoms with Crippen molar-refractivity contribution in [3.63, 3.8) is 0 Å². The maximum absolute atomic E-state index is 13.0. The van der Waals surface area contributed by atoms with Crippen molar-refractivity contribution in [3.8, 4) is 0 Å². The Kier molecular flexibility index (Phi) is 7.45. The molecule has 0 saturated heterocycles. The molecule has 0 bridgehead atoms. The predicted octanol–water partition coefficient (Wildman–Crippen LogP) is 7.00. The highest BCUT2D eigenvalue weighted by atomic mass is 16.6. The molecular formula is C28H37NO3. The van der Waals surface area contributed by atoms with Gasteiger partial charge in [-0.05, 0) is 81.9 Å². The lowest BCUT2D eigenvalue weighted by molar-refractivity contribution is 0.0786. The molecule has 0 fully saturated rings. The van der Waals surface area contributed by atoms with Crippen LogP contribution in [-0.4, -0.2) is 28.2 Å². The zero-order valence-corrected chi connectivity index (χ0v) is 20.3. The van der Waals surface area contributed by atoms with E-state index >= 15 is 0 Å². The van der Waals surface area contributed by atoms with E-state index < -0.39 is 6.10 Å². The van der Waals surface area contributed by atoms with Gasteiger partial charge in [-0.15, -0.1) is 0 Å². The fraction of sp³-hybridized carbons (Fsp3) is 0.464. The fourth-order valence-corrected chi connectivity index (χ4v) is 4.82. The second-order valence-corrected chi connectivity index (χ2v) is 9.71. The van der Waals surface area contributed by atoms with E-state index in [0.717, 1.165) is 33.9 Å². The van der Waals surface area contributed by atoms with Gasteiger partial charge in [0.1, 0.15) is 5.76 Å². The number of hydrogen-bond donors (Lipinski definition) is 1. The first-order valence-corrected chi connectivity index (χ1v) is 11.6. The Bertz CT molecular complexity index is 1010. The molecule has 0 aromatic heterocycles. The third-order valence-electron chi connectivity index (χ3n) is 6.69. The van der Waals surface area contributed by atoms with Crippen LogP contribution in [0.2, 0.25) is 0 Å². The van der Waals surface area contributed by atoms with Crippen LogP contribution in [-0.2, 0) is 4.74 Å². The van der Waals surface area contributed by atoms with Crippen molar-refractivity contribution < 1.29 is 14.6 Å². The number of aliphatic hydroxyl groups is 1. The molecule has 0 radical (unpaired) electrons. The van der Waals surface area contributed by atoms with Crippen molar-refractivity contribution in [2.75, 3.05) is 0 Å². The number of aliphatic hydroxyl groups excluding tert-OH is 1. The molecule has 2 aromatic carbocycles. The third kappa shape index (κ3) is 5.07. The van der Waals surface area contributed by atoms with Crippen molar-refractivity contribution in [1.29, 1.82) is 0 Å². The lowest BCUT2D eigenvalue weighted by Gasteiger charge is -2.36. The molecule has 172 valence electrons. The van der Waals surface area contributed by atoms with Crippen LogP contribution < -0.4 is 0 Å². The van der Waals surface area contributed by atoms with Crippen molar-refractivity contribution in [2.45, 2.75) is 72.6 Å². The maximum atomic E-state index is 13.0. The predicted molar refractivity (Wildman–Crippen MR) is 131 cm³/mol. The number of allylic oxidation sites excluding steroid dienone is 2. The number of fused-ring (bicyclic) bond motifs is 1. The lowest BCUT2D eigenvalue weighted by Crippen LogP contribution is -2.42. The van der Waals surface area contributed by atoms with Gasteiger partial charge < -0.3 is 14.7 Å². The summed E-state index contributed by atoms with van der Waals surface area (Å²) in [6.07, 6.45) is 0.416. The van der Waals surface area contributed by atoms with Crippen molar-refractivity contribution in [2.24, 2.45) is 11.8 Å². The van der Waals surface area contributed by atoms with E-state index in [1.807, 2.05) is 59.7 Å². The topological polar surface area (TPSA) is 49.8 Å². The highest BCUT2D eigenvalue weighted by molar-refractivity contribution is 5.83. The molecule has 32 heavy (non-hydrogen) atoms. The Hall–Kier alpha value is -2.59. The van der Waals surface area contributed by atoms with E-state index in [1.165, 1.54) is 0 Å². The number of carbonyl (C=O) groups excluding carboxylic acids is 1.